The lowest BCUT2D eigenvalue weighted by Crippen LogP contribution is -2.42. The minimum atomic E-state index is -0.168. The molecule has 2 amide bonds. The number of hydrogen-bond donors (Lipinski definition) is 2. The van der Waals surface area contributed by atoms with Crippen LogP contribution in [0.5, 0.6) is 0 Å². The van der Waals surface area contributed by atoms with Crippen LogP contribution in [0.25, 0.3) is 0 Å². The van der Waals surface area contributed by atoms with Crippen LogP contribution in [0.1, 0.15) is 25.0 Å². The molecule has 2 N–H and O–H groups in total. The Morgan fingerprint density at radius 3 is 2.27 bits per heavy atom. The van der Waals surface area contributed by atoms with Gasteiger partial charge in [-0.3, -0.25) is 0 Å². The lowest BCUT2D eigenvalue weighted by Gasteiger charge is -2.25. The number of amides is 2. The normalized spacial score (nSPS) is 11.0. The van der Waals surface area contributed by atoms with Crippen molar-refractivity contribution in [2.75, 3.05) is 6.54 Å². The van der Waals surface area contributed by atoms with E-state index in [-0.39, 0.29) is 11.4 Å². The molecular weight excluding hydrogens is 296 g/mol. The van der Waals surface area contributed by atoms with Gasteiger partial charge in [-0.2, -0.15) is 0 Å². The molecule has 0 saturated heterocycles. The Bertz CT molecular complexity index is 609. The first-order valence-electron chi connectivity index (χ1n) is 7.29. The van der Waals surface area contributed by atoms with Crippen molar-refractivity contribution < 1.29 is 4.79 Å². The molecule has 0 aliphatic rings. The van der Waals surface area contributed by atoms with Crippen molar-refractivity contribution in [3.05, 3.63) is 70.7 Å². The first-order valence-corrected chi connectivity index (χ1v) is 7.67. The summed E-state index contributed by atoms with van der Waals surface area (Å²) in [6.45, 7) is 5.28. The Hall–Kier alpha value is -2.00. The van der Waals surface area contributed by atoms with Gasteiger partial charge in [0.1, 0.15) is 0 Å². The maximum Gasteiger partial charge on any atom is 0.315 e. The van der Waals surface area contributed by atoms with E-state index in [1.54, 1.807) is 0 Å². The molecule has 0 aliphatic carbocycles. The van der Waals surface area contributed by atoms with Crippen LogP contribution in [-0.2, 0) is 12.0 Å². The van der Waals surface area contributed by atoms with E-state index in [0.717, 1.165) is 5.56 Å². The molecule has 2 aromatic rings. The monoisotopic (exact) mass is 316 g/mol. The summed E-state index contributed by atoms with van der Waals surface area (Å²) in [5.74, 6) is 0. The Labute approximate surface area is 136 Å². The minimum absolute atomic E-state index is 0.112. The lowest BCUT2D eigenvalue weighted by atomic mass is 9.85. The fraction of sp³-hybridized carbons (Fsp3) is 0.278. The van der Waals surface area contributed by atoms with Gasteiger partial charge in [0, 0.05) is 23.5 Å². The highest BCUT2D eigenvalue weighted by molar-refractivity contribution is 6.30. The van der Waals surface area contributed by atoms with E-state index in [4.69, 9.17) is 11.6 Å². The Morgan fingerprint density at radius 1 is 1.00 bits per heavy atom. The summed E-state index contributed by atoms with van der Waals surface area (Å²) in [5.41, 5.74) is 2.11. The standard InChI is InChI=1S/C18H21ClN2O/c1-18(2,15-6-4-3-5-7-15)13-21-17(22)20-12-14-8-10-16(19)11-9-14/h3-11H,12-13H2,1-2H3,(H2,20,21,22). The molecule has 0 fully saturated rings. The number of hydrogen-bond acceptors (Lipinski definition) is 1. The van der Waals surface area contributed by atoms with Gasteiger partial charge in [0.05, 0.1) is 0 Å². The number of carbonyl (C=O) groups is 1. The second-order valence-electron chi connectivity index (χ2n) is 5.91. The summed E-state index contributed by atoms with van der Waals surface area (Å²) in [6, 6.07) is 17.4. The predicted octanol–water partition coefficient (Wildman–Crippen LogP) is 4.12. The highest BCUT2D eigenvalue weighted by Gasteiger charge is 2.20. The molecule has 3 nitrogen and oxygen atoms in total. The van der Waals surface area contributed by atoms with Gasteiger partial charge in [-0.15, -0.1) is 0 Å². The van der Waals surface area contributed by atoms with Crippen molar-refractivity contribution in [3.8, 4) is 0 Å². The van der Waals surface area contributed by atoms with Crippen LogP contribution >= 0.6 is 11.6 Å². The molecule has 2 aromatic carbocycles. The van der Waals surface area contributed by atoms with Crippen molar-refractivity contribution >= 4 is 17.6 Å². The second kappa shape index (κ2) is 7.32. The lowest BCUT2D eigenvalue weighted by molar-refractivity contribution is 0.238. The van der Waals surface area contributed by atoms with Gasteiger partial charge < -0.3 is 10.6 Å². The largest absolute Gasteiger partial charge is 0.337 e. The fourth-order valence-electron chi connectivity index (χ4n) is 2.14. The van der Waals surface area contributed by atoms with E-state index < -0.39 is 0 Å². The van der Waals surface area contributed by atoms with Crippen molar-refractivity contribution in [2.24, 2.45) is 0 Å². The molecule has 0 heterocycles. The van der Waals surface area contributed by atoms with Crippen LogP contribution in [0.15, 0.2) is 54.6 Å². The van der Waals surface area contributed by atoms with Crippen molar-refractivity contribution in [1.82, 2.24) is 10.6 Å². The summed E-state index contributed by atoms with van der Waals surface area (Å²) < 4.78 is 0. The van der Waals surface area contributed by atoms with Crippen LogP contribution in [0.2, 0.25) is 5.02 Å². The number of carbonyl (C=O) groups excluding carboxylic acids is 1. The summed E-state index contributed by atoms with van der Waals surface area (Å²) >= 11 is 5.83. The molecule has 0 spiro atoms. The van der Waals surface area contributed by atoms with Crippen LogP contribution in [0.3, 0.4) is 0 Å². The van der Waals surface area contributed by atoms with Crippen LogP contribution in [0.4, 0.5) is 4.79 Å². The number of halogens is 1. The molecule has 0 unspecified atom stereocenters. The van der Waals surface area contributed by atoms with E-state index >= 15 is 0 Å². The molecule has 0 aliphatic heterocycles. The average molecular weight is 317 g/mol. The summed E-state index contributed by atoms with van der Waals surface area (Å²) in [4.78, 5) is 11.9. The fourth-order valence-corrected chi connectivity index (χ4v) is 2.27. The van der Waals surface area contributed by atoms with E-state index in [1.165, 1.54) is 5.56 Å². The van der Waals surface area contributed by atoms with Crippen LogP contribution in [-0.4, -0.2) is 12.6 Å². The zero-order valence-electron chi connectivity index (χ0n) is 12.9. The number of nitrogens with one attached hydrogen (secondary N) is 2. The first-order chi connectivity index (χ1) is 10.5. The quantitative estimate of drug-likeness (QED) is 0.856. The molecule has 2 rings (SSSR count). The van der Waals surface area contributed by atoms with Crippen LogP contribution < -0.4 is 10.6 Å². The maximum atomic E-state index is 11.9. The van der Waals surface area contributed by atoms with E-state index in [0.29, 0.717) is 18.1 Å². The number of rotatable bonds is 5. The maximum absolute atomic E-state index is 11.9. The first kappa shape index (κ1) is 16.4. The van der Waals surface area contributed by atoms with Crippen molar-refractivity contribution in [1.29, 1.82) is 0 Å². The minimum Gasteiger partial charge on any atom is -0.337 e. The van der Waals surface area contributed by atoms with Gasteiger partial charge in [0.15, 0.2) is 0 Å². The van der Waals surface area contributed by atoms with Gasteiger partial charge in [-0.05, 0) is 23.3 Å². The summed E-state index contributed by atoms with van der Waals surface area (Å²) in [7, 11) is 0. The molecule has 4 heteroatoms. The Kier molecular flexibility index (Phi) is 5.45. The van der Waals surface area contributed by atoms with E-state index in [2.05, 4.69) is 36.6 Å². The third-order valence-electron chi connectivity index (χ3n) is 3.61. The van der Waals surface area contributed by atoms with Crippen LogP contribution in [0, 0.1) is 0 Å². The van der Waals surface area contributed by atoms with Gasteiger partial charge in [0.25, 0.3) is 0 Å². The molecule has 0 saturated carbocycles. The molecule has 0 aromatic heterocycles. The summed E-state index contributed by atoms with van der Waals surface area (Å²) in [5, 5.41) is 6.47. The van der Waals surface area contributed by atoms with Crippen molar-refractivity contribution in [2.45, 2.75) is 25.8 Å². The third kappa shape index (κ3) is 4.78. The molecule has 0 atom stereocenters. The number of benzene rings is 2. The molecule has 116 valence electrons. The third-order valence-corrected chi connectivity index (χ3v) is 3.86. The second-order valence-corrected chi connectivity index (χ2v) is 6.35. The van der Waals surface area contributed by atoms with Gasteiger partial charge in [-0.1, -0.05) is 67.9 Å². The van der Waals surface area contributed by atoms with E-state index in [1.807, 2.05) is 42.5 Å². The van der Waals surface area contributed by atoms with E-state index in [9.17, 15) is 4.79 Å². The highest BCUT2D eigenvalue weighted by atomic mass is 35.5. The molecule has 0 radical (unpaired) electrons. The molecular formula is C18H21ClN2O. The van der Waals surface area contributed by atoms with Crippen molar-refractivity contribution in [3.63, 3.8) is 0 Å². The number of urea groups is 1. The highest BCUT2D eigenvalue weighted by Crippen LogP contribution is 2.21. The predicted molar refractivity (Wildman–Crippen MR) is 91.2 cm³/mol. The average Bonchev–Trinajstić information content (AvgIpc) is 2.53. The van der Waals surface area contributed by atoms with Gasteiger partial charge in [-0.25, -0.2) is 4.79 Å². The molecule has 22 heavy (non-hydrogen) atoms. The summed E-state index contributed by atoms with van der Waals surface area (Å²) in [6.07, 6.45) is 0. The smallest absolute Gasteiger partial charge is 0.315 e. The zero-order chi connectivity index (χ0) is 16.0. The zero-order valence-corrected chi connectivity index (χ0v) is 13.7. The van der Waals surface area contributed by atoms with Gasteiger partial charge >= 0.3 is 6.03 Å². The Balaban J connectivity index is 1.81. The molecule has 0 bridgehead atoms. The SMILES string of the molecule is CC(C)(CNC(=O)NCc1ccc(Cl)cc1)c1ccccc1. The topological polar surface area (TPSA) is 41.1 Å². The van der Waals surface area contributed by atoms with Gasteiger partial charge in [0.2, 0.25) is 0 Å². The Morgan fingerprint density at radius 2 is 1.64 bits per heavy atom.